The Labute approximate surface area is 128 Å². The standard InChI is InChI=1S/C14H21N3O3S/c1-16-3-2-9-11(6-16)21-14(20)12(9)13(19)17-4-8(7-18)10(15)5-17/h8,10,12,18H,2-7,15H2,1H3. The monoisotopic (exact) mass is 311 g/mol. The lowest BCUT2D eigenvalue weighted by Crippen LogP contribution is -2.39. The van der Waals surface area contributed by atoms with E-state index in [9.17, 15) is 14.7 Å². The quantitative estimate of drug-likeness (QED) is 0.652. The Kier molecular flexibility index (Phi) is 4.09. The Morgan fingerprint density at radius 1 is 1.48 bits per heavy atom. The van der Waals surface area contributed by atoms with Gasteiger partial charge < -0.3 is 20.6 Å². The number of likely N-dealkylation sites (tertiary alicyclic amines) is 1. The van der Waals surface area contributed by atoms with Crippen molar-refractivity contribution >= 4 is 22.8 Å². The fourth-order valence-electron chi connectivity index (χ4n) is 3.30. The molecule has 3 aliphatic rings. The minimum absolute atomic E-state index is 0.0168. The largest absolute Gasteiger partial charge is 0.396 e. The number of likely N-dealkylation sites (N-methyl/N-ethyl adjacent to an activating group) is 1. The van der Waals surface area contributed by atoms with Gasteiger partial charge >= 0.3 is 0 Å². The van der Waals surface area contributed by atoms with Crippen molar-refractivity contribution in [3.8, 4) is 0 Å². The predicted octanol–water partition coefficient (Wildman–Crippen LogP) is -0.756. The summed E-state index contributed by atoms with van der Waals surface area (Å²) in [6.07, 6.45) is 0.782. The summed E-state index contributed by atoms with van der Waals surface area (Å²) in [5, 5.41) is 9.21. The second-order valence-corrected chi connectivity index (χ2v) is 7.24. The van der Waals surface area contributed by atoms with Gasteiger partial charge in [-0.15, -0.1) is 0 Å². The molecule has 0 saturated carbocycles. The maximum Gasteiger partial charge on any atom is 0.238 e. The van der Waals surface area contributed by atoms with Crippen LogP contribution in [0.3, 0.4) is 0 Å². The van der Waals surface area contributed by atoms with Crippen molar-refractivity contribution < 1.29 is 14.7 Å². The Morgan fingerprint density at radius 3 is 2.90 bits per heavy atom. The van der Waals surface area contributed by atoms with E-state index >= 15 is 0 Å². The number of carbonyl (C=O) groups excluding carboxylic acids is 2. The lowest BCUT2D eigenvalue weighted by Gasteiger charge is -2.26. The van der Waals surface area contributed by atoms with Gasteiger partial charge in [0.15, 0.2) is 0 Å². The van der Waals surface area contributed by atoms with Gasteiger partial charge in [0.25, 0.3) is 0 Å². The zero-order valence-electron chi connectivity index (χ0n) is 12.1. The summed E-state index contributed by atoms with van der Waals surface area (Å²) in [5.41, 5.74) is 6.95. The van der Waals surface area contributed by atoms with Gasteiger partial charge in [-0.2, -0.15) is 0 Å². The van der Waals surface area contributed by atoms with Crippen LogP contribution in [0.5, 0.6) is 0 Å². The highest BCUT2D eigenvalue weighted by atomic mass is 32.2. The first-order valence-electron chi connectivity index (χ1n) is 7.28. The van der Waals surface area contributed by atoms with E-state index in [1.54, 1.807) is 4.90 Å². The molecule has 0 aromatic carbocycles. The summed E-state index contributed by atoms with van der Waals surface area (Å²) in [7, 11) is 2.02. The van der Waals surface area contributed by atoms with Crippen LogP contribution in [0, 0.1) is 11.8 Å². The van der Waals surface area contributed by atoms with Crippen LogP contribution in [-0.2, 0) is 9.59 Å². The Bertz CT molecular complexity index is 508. The SMILES string of the molecule is CN1CCC2=C(C1)SC(=O)C2C(=O)N1CC(N)C(CO)C1. The zero-order chi connectivity index (χ0) is 15.1. The van der Waals surface area contributed by atoms with E-state index < -0.39 is 5.92 Å². The van der Waals surface area contributed by atoms with Gasteiger partial charge in [-0.25, -0.2) is 0 Å². The summed E-state index contributed by atoms with van der Waals surface area (Å²) in [5.74, 6) is -0.833. The first-order valence-corrected chi connectivity index (χ1v) is 8.10. The molecule has 3 heterocycles. The van der Waals surface area contributed by atoms with E-state index in [1.165, 1.54) is 11.8 Å². The molecule has 0 aromatic heterocycles. The van der Waals surface area contributed by atoms with Crippen LogP contribution < -0.4 is 5.73 Å². The van der Waals surface area contributed by atoms with Crippen LogP contribution in [0.15, 0.2) is 10.5 Å². The van der Waals surface area contributed by atoms with Gasteiger partial charge in [-0.05, 0) is 19.0 Å². The first-order chi connectivity index (χ1) is 10.0. The van der Waals surface area contributed by atoms with Gasteiger partial charge in [0.05, 0.1) is 0 Å². The molecule has 3 N–H and O–H groups in total. The molecule has 0 aliphatic carbocycles. The van der Waals surface area contributed by atoms with E-state index in [-0.39, 0.29) is 29.6 Å². The van der Waals surface area contributed by atoms with Crippen molar-refractivity contribution in [1.29, 1.82) is 0 Å². The van der Waals surface area contributed by atoms with Crippen LogP contribution in [0.2, 0.25) is 0 Å². The first kappa shape index (κ1) is 15.0. The van der Waals surface area contributed by atoms with Gasteiger partial charge in [0.1, 0.15) is 5.92 Å². The lowest BCUT2D eigenvalue weighted by molar-refractivity contribution is -0.136. The molecular weight excluding hydrogens is 290 g/mol. The average Bonchev–Trinajstić information content (AvgIpc) is 2.97. The second kappa shape index (κ2) is 5.72. The number of rotatable bonds is 2. The summed E-state index contributed by atoms with van der Waals surface area (Å²) < 4.78 is 0. The number of aliphatic hydroxyl groups is 1. The summed E-state index contributed by atoms with van der Waals surface area (Å²) in [6, 6.07) is -0.200. The van der Waals surface area contributed by atoms with Gasteiger partial charge in [-0.1, -0.05) is 11.8 Å². The van der Waals surface area contributed by atoms with Crippen molar-refractivity contribution in [2.75, 3.05) is 39.8 Å². The molecule has 0 radical (unpaired) electrons. The van der Waals surface area contributed by atoms with Crippen molar-refractivity contribution in [1.82, 2.24) is 9.80 Å². The number of carbonyl (C=O) groups is 2. The van der Waals surface area contributed by atoms with E-state index in [0.717, 1.165) is 30.0 Å². The number of thioether (sulfide) groups is 1. The molecule has 116 valence electrons. The van der Waals surface area contributed by atoms with Crippen LogP contribution in [0.1, 0.15) is 6.42 Å². The van der Waals surface area contributed by atoms with Crippen LogP contribution in [0.4, 0.5) is 0 Å². The zero-order valence-corrected chi connectivity index (χ0v) is 12.9. The minimum atomic E-state index is -0.622. The minimum Gasteiger partial charge on any atom is -0.396 e. The molecule has 0 aromatic rings. The van der Waals surface area contributed by atoms with Crippen LogP contribution >= 0.6 is 11.8 Å². The van der Waals surface area contributed by atoms with E-state index in [1.807, 2.05) is 7.05 Å². The average molecular weight is 311 g/mol. The van der Waals surface area contributed by atoms with Gasteiger partial charge in [-0.3, -0.25) is 9.59 Å². The van der Waals surface area contributed by atoms with Crippen LogP contribution in [0.25, 0.3) is 0 Å². The fourth-order valence-corrected chi connectivity index (χ4v) is 4.54. The molecule has 6 nitrogen and oxygen atoms in total. The highest BCUT2D eigenvalue weighted by Crippen LogP contribution is 2.42. The van der Waals surface area contributed by atoms with E-state index in [4.69, 9.17) is 5.73 Å². The molecule has 3 unspecified atom stereocenters. The summed E-state index contributed by atoms with van der Waals surface area (Å²) in [4.78, 5) is 29.8. The molecule has 21 heavy (non-hydrogen) atoms. The molecule has 1 saturated heterocycles. The summed E-state index contributed by atoms with van der Waals surface area (Å²) >= 11 is 1.23. The fraction of sp³-hybridized carbons (Fsp3) is 0.714. The molecule has 3 rings (SSSR count). The van der Waals surface area contributed by atoms with Gasteiger partial charge in [0.2, 0.25) is 11.0 Å². The smallest absolute Gasteiger partial charge is 0.238 e. The number of hydrogen-bond acceptors (Lipinski definition) is 6. The van der Waals surface area contributed by atoms with E-state index in [0.29, 0.717) is 13.1 Å². The van der Waals surface area contributed by atoms with Crippen molar-refractivity contribution in [3.05, 3.63) is 10.5 Å². The lowest BCUT2D eigenvalue weighted by atomic mass is 9.93. The maximum atomic E-state index is 12.7. The molecule has 0 bridgehead atoms. The molecule has 3 atom stereocenters. The van der Waals surface area contributed by atoms with E-state index in [2.05, 4.69) is 4.90 Å². The second-order valence-electron chi connectivity index (χ2n) is 6.14. The number of amides is 1. The van der Waals surface area contributed by atoms with Crippen LogP contribution in [-0.4, -0.2) is 71.8 Å². The van der Waals surface area contributed by atoms with Crippen molar-refractivity contribution in [2.24, 2.45) is 17.6 Å². The van der Waals surface area contributed by atoms with Crippen molar-refractivity contribution in [3.63, 3.8) is 0 Å². The normalized spacial score (nSPS) is 33.8. The Hall–Kier alpha value is -0.890. The third kappa shape index (κ3) is 2.63. The Balaban J connectivity index is 1.77. The van der Waals surface area contributed by atoms with Gasteiger partial charge in [0, 0.05) is 49.7 Å². The molecular formula is C14H21N3O3S. The number of nitrogens with zero attached hydrogens (tertiary/aromatic N) is 2. The number of aliphatic hydroxyl groups excluding tert-OH is 1. The molecule has 1 fully saturated rings. The van der Waals surface area contributed by atoms with Crippen molar-refractivity contribution in [2.45, 2.75) is 12.5 Å². The molecule has 3 aliphatic heterocycles. The Morgan fingerprint density at radius 2 is 2.24 bits per heavy atom. The molecule has 1 amide bonds. The third-order valence-electron chi connectivity index (χ3n) is 4.63. The topological polar surface area (TPSA) is 86.9 Å². The highest BCUT2D eigenvalue weighted by Gasteiger charge is 2.44. The number of nitrogens with two attached hydrogens (primary N) is 1. The highest BCUT2D eigenvalue weighted by molar-refractivity contribution is 8.17. The summed E-state index contributed by atoms with van der Waals surface area (Å²) in [6.45, 7) is 2.51. The third-order valence-corrected chi connectivity index (χ3v) is 5.70. The number of hydrogen-bond donors (Lipinski definition) is 2. The predicted molar refractivity (Wildman–Crippen MR) is 80.4 cm³/mol. The molecule has 7 heteroatoms. The molecule has 0 spiro atoms. The maximum absolute atomic E-state index is 12.7.